The molecule has 1 aromatic carbocycles. The van der Waals surface area contributed by atoms with Gasteiger partial charge in [-0.1, -0.05) is 30.2 Å². The Balaban J connectivity index is 1.96. The molecule has 0 amide bonds. The van der Waals surface area contributed by atoms with E-state index in [2.05, 4.69) is 31.0 Å². The molecular formula is C16H22ClNO. The molecule has 1 saturated carbocycles. The van der Waals surface area contributed by atoms with E-state index in [0.29, 0.717) is 11.8 Å². The van der Waals surface area contributed by atoms with E-state index in [1.165, 1.54) is 12.0 Å². The first kappa shape index (κ1) is 14.5. The predicted molar refractivity (Wildman–Crippen MR) is 79.5 cm³/mol. The van der Waals surface area contributed by atoms with Crippen molar-refractivity contribution in [2.24, 2.45) is 5.92 Å². The topological polar surface area (TPSA) is 20.3 Å². The molecule has 0 bridgehead atoms. The second-order valence-electron chi connectivity index (χ2n) is 5.58. The molecule has 19 heavy (non-hydrogen) atoms. The summed E-state index contributed by atoms with van der Waals surface area (Å²) in [6, 6.07) is 8.28. The maximum atomic E-state index is 11.9. The van der Waals surface area contributed by atoms with Gasteiger partial charge in [0, 0.05) is 29.9 Å². The predicted octanol–water partition coefficient (Wildman–Crippen LogP) is 4.09. The fourth-order valence-corrected chi connectivity index (χ4v) is 2.88. The molecule has 0 aromatic heterocycles. The van der Waals surface area contributed by atoms with Gasteiger partial charge in [-0.05, 0) is 44.5 Å². The Morgan fingerprint density at radius 1 is 1.32 bits per heavy atom. The molecule has 2 atom stereocenters. The van der Waals surface area contributed by atoms with Crippen LogP contribution in [0.25, 0.3) is 0 Å². The molecule has 0 aliphatic heterocycles. The second-order valence-corrected chi connectivity index (χ2v) is 6.01. The summed E-state index contributed by atoms with van der Waals surface area (Å²) in [5.74, 6) is 0.676. The van der Waals surface area contributed by atoms with Crippen LogP contribution in [0.5, 0.6) is 0 Å². The van der Waals surface area contributed by atoms with Gasteiger partial charge in [0.15, 0.2) is 0 Å². The molecule has 0 saturated heterocycles. The number of carbonyl (C=O) groups is 1. The monoisotopic (exact) mass is 279 g/mol. The van der Waals surface area contributed by atoms with Gasteiger partial charge in [0.2, 0.25) is 0 Å². The van der Waals surface area contributed by atoms with E-state index in [0.717, 1.165) is 30.8 Å². The maximum absolute atomic E-state index is 11.9. The number of ketones is 1. The minimum Gasteiger partial charge on any atom is -0.299 e. The van der Waals surface area contributed by atoms with Crippen LogP contribution in [0.4, 0.5) is 0 Å². The number of halogens is 1. The number of nitrogens with zero attached hydrogens (tertiary/aromatic N) is 1. The highest BCUT2D eigenvalue weighted by molar-refractivity contribution is 6.30. The third kappa shape index (κ3) is 3.80. The summed E-state index contributed by atoms with van der Waals surface area (Å²) < 4.78 is 0. The minimum absolute atomic E-state index is 0.230. The van der Waals surface area contributed by atoms with Crippen LogP contribution in [0.2, 0.25) is 5.02 Å². The van der Waals surface area contributed by atoms with Crippen molar-refractivity contribution >= 4 is 17.4 Å². The summed E-state index contributed by atoms with van der Waals surface area (Å²) in [6.07, 6.45) is 4.09. The van der Waals surface area contributed by atoms with Crippen LogP contribution < -0.4 is 0 Å². The van der Waals surface area contributed by atoms with Gasteiger partial charge in [0.25, 0.3) is 0 Å². The van der Waals surface area contributed by atoms with Crippen molar-refractivity contribution in [3.05, 3.63) is 34.9 Å². The average molecular weight is 280 g/mol. The second kappa shape index (κ2) is 6.53. The number of hydrogen-bond donors (Lipinski definition) is 0. The molecular weight excluding hydrogens is 258 g/mol. The summed E-state index contributed by atoms with van der Waals surface area (Å²) in [6.45, 7) is 3.04. The Labute approximate surface area is 120 Å². The molecule has 2 unspecified atom stereocenters. The Hall–Kier alpha value is -0.860. The molecule has 0 heterocycles. The molecule has 0 N–H and O–H groups in total. The highest BCUT2D eigenvalue weighted by Crippen LogP contribution is 2.26. The zero-order valence-corrected chi connectivity index (χ0v) is 12.5. The van der Waals surface area contributed by atoms with Gasteiger partial charge >= 0.3 is 0 Å². The summed E-state index contributed by atoms with van der Waals surface area (Å²) in [5, 5.41) is 0.765. The van der Waals surface area contributed by atoms with Crippen LogP contribution in [-0.2, 0) is 4.79 Å². The fraction of sp³-hybridized carbons (Fsp3) is 0.562. The van der Waals surface area contributed by atoms with Crippen LogP contribution in [0.1, 0.15) is 44.2 Å². The lowest BCUT2D eigenvalue weighted by Gasteiger charge is -2.30. The quantitative estimate of drug-likeness (QED) is 0.827. The first-order valence-electron chi connectivity index (χ1n) is 7.06. The van der Waals surface area contributed by atoms with Crippen LogP contribution >= 0.6 is 11.6 Å². The molecule has 1 aromatic rings. The van der Waals surface area contributed by atoms with Gasteiger partial charge in [0.05, 0.1) is 0 Å². The van der Waals surface area contributed by atoms with Crippen molar-refractivity contribution in [2.45, 2.75) is 38.6 Å². The summed E-state index contributed by atoms with van der Waals surface area (Å²) >= 11 is 5.91. The Morgan fingerprint density at radius 2 is 2.00 bits per heavy atom. The van der Waals surface area contributed by atoms with E-state index in [-0.39, 0.29) is 5.92 Å². The van der Waals surface area contributed by atoms with Crippen molar-refractivity contribution in [1.29, 1.82) is 0 Å². The molecule has 1 aliphatic rings. The largest absolute Gasteiger partial charge is 0.299 e. The van der Waals surface area contributed by atoms with Crippen LogP contribution in [0.3, 0.4) is 0 Å². The first-order chi connectivity index (χ1) is 9.08. The van der Waals surface area contributed by atoms with Crippen LogP contribution in [-0.4, -0.2) is 24.3 Å². The molecule has 104 valence electrons. The zero-order valence-electron chi connectivity index (χ0n) is 11.7. The Bertz CT molecular complexity index is 429. The zero-order chi connectivity index (χ0) is 13.8. The lowest BCUT2D eigenvalue weighted by molar-refractivity contribution is -0.125. The number of hydrogen-bond acceptors (Lipinski definition) is 2. The molecule has 2 rings (SSSR count). The summed E-state index contributed by atoms with van der Waals surface area (Å²) in [4.78, 5) is 14.2. The van der Waals surface area contributed by atoms with Gasteiger partial charge in [-0.3, -0.25) is 9.69 Å². The van der Waals surface area contributed by atoms with Crippen molar-refractivity contribution in [3.8, 4) is 0 Å². The summed E-state index contributed by atoms with van der Waals surface area (Å²) in [5.41, 5.74) is 1.25. The third-order valence-corrected chi connectivity index (χ3v) is 4.46. The molecule has 1 aliphatic carbocycles. The van der Waals surface area contributed by atoms with Gasteiger partial charge in [0.1, 0.15) is 5.78 Å². The number of benzene rings is 1. The average Bonchev–Trinajstić information content (AvgIpc) is 2.41. The summed E-state index contributed by atoms with van der Waals surface area (Å²) in [7, 11) is 2.10. The van der Waals surface area contributed by atoms with Crippen LogP contribution in [0.15, 0.2) is 24.3 Å². The third-order valence-electron chi connectivity index (χ3n) is 4.20. The normalized spacial score (nSPS) is 21.7. The van der Waals surface area contributed by atoms with E-state index in [4.69, 9.17) is 11.6 Å². The lowest BCUT2D eigenvalue weighted by Crippen LogP contribution is -2.33. The first-order valence-corrected chi connectivity index (χ1v) is 7.44. The lowest BCUT2D eigenvalue weighted by atomic mass is 9.87. The highest BCUT2D eigenvalue weighted by atomic mass is 35.5. The minimum atomic E-state index is 0.230. The molecule has 1 fully saturated rings. The molecule has 0 radical (unpaired) electrons. The van der Waals surface area contributed by atoms with E-state index < -0.39 is 0 Å². The highest BCUT2D eigenvalue weighted by Gasteiger charge is 2.25. The Kier molecular flexibility index (Phi) is 5.00. The molecule has 2 nitrogen and oxygen atoms in total. The van der Waals surface area contributed by atoms with Gasteiger partial charge in [-0.15, -0.1) is 0 Å². The number of carbonyl (C=O) groups excluding carboxylic acids is 1. The number of Topliss-reactive ketones (excluding diaryl/α,β-unsaturated/α-hetero) is 1. The van der Waals surface area contributed by atoms with Crippen molar-refractivity contribution in [3.63, 3.8) is 0 Å². The van der Waals surface area contributed by atoms with E-state index in [1.54, 1.807) is 0 Å². The van der Waals surface area contributed by atoms with Gasteiger partial charge < -0.3 is 0 Å². The maximum Gasteiger partial charge on any atom is 0.137 e. The molecule has 0 spiro atoms. The number of rotatable bonds is 4. The smallest absolute Gasteiger partial charge is 0.137 e. The van der Waals surface area contributed by atoms with Crippen molar-refractivity contribution in [1.82, 2.24) is 4.90 Å². The van der Waals surface area contributed by atoms with Crippen molar-refractivity contribution < 1.29 is 4.79 Å². The van der Waals surface area contributed by atoms with E-state index in [9.17, 15) is 4.79 Å². The van der Waals surface area contributed by atoms with Crippen molar-refractivity contribution in [2.75, 3.05) is 13.6 Å². The van der Waals surface area contributed by atoms with Gasteiger partial charge in [-0.2, -0.15) is 0 Å². The molecule has 3 heteroatoms. The van der Waals surface area contributed by atoms with E-state index >= 15 is 0 Å². The Morgan fingerprint density at radius 3 is 2.63 bits per heavy atom. The van der Waals surface area contributed by atoms with E-state index in [1.807, 2.05) is 12.1 Å². The standard InChI is InChI=1S/C16H22ClNO/c1-12(13-7-9-15(17)10-8-13)18(2)11-14-5-3-4-6-16(14)19/h7-10,12,14H,3-6,11H2,1-2H3. The fourth-order valence-electron chi connectivity index (χ4n) is 2.75. The van der Waals surface area contributed by atoms with Crippen LogP contribution in [0, 0.1) is 5.92 Å². The SMILES string of the molecule is CC(c1ccc(Cl)cc1)N(C)CC1CCCCC1=O. The van der Waals surface area contributed by atoms with Gasteiger partial charge in [-0.25, -0.2) is 0 Å².